The van der Waals surface area contributed by atoms with Crippen LogP contribution in [0.3, 0.4) is 0 Å². The van der Waals surface area contributed by atoms with Gasteiger partial charge in [-0.2, -0.15) is 0 Å². The molecule has 1 unspecified atom stereocenters. The molecule has 1 atom stereocenters. The van der Waals surface area contributed by atoms with Crippen molar-refractivity contribution in [3.8, 4) is 0 Å². The van der Waals surface area contributed by atoms with Gasteiger partial charge < -0.3 is 14.6 Å². The number of aliphatic hydroxyl groups excluding tert-OH is 1. The van der Waals surface area contributed by atoms with E-state index in [4.69, 9.17) is 9.47 Å². The molecule has 4 nitrogen and oxygen atoms in total. The molecule has 0 saturated heterocycles. The summed E-state index contributed by atoms with van der Waals surface area (Å²) in [6, 6.07) is 0. The SMILES string of the molecule is CCCC/C=C\CCCCCCCCOCC(CO)OC(=O)CCCCCCCCCCCCC. The highest BCUT2D eigenvalue weighted by Gasteiger charge is 2.13. The molecule has 0 aromatic heterocycles. The van der Waals surface area contributed by atoms with Crippen LogP contribution in [0.5, 0.6) is 0 Å². The predicted molar refractivity (Wildman–Crippen MR) is 150 cm³/mol. The Morgan fingerprint density at radius 1 is 0.657 bits per heavy atom. The minimum Gasteiger partial charge on any atom is -0.457 e. The van der Waals surface area contributed by atoms with E-state index in [-0.39, 0.29) is 12.6 Å². The standard InChI is InChI=1S/C31H60O4/c1-3-5-7-9-11-13-15-17-19-21-23-25-27-34-29-30(28-32)35-31(33)26-24-22-20-18-16-14-12-10-8-6-4-2/h9,11,30,32H,3-8,10,12-29H2,1-2H3/b11-9-. The summed E-state index contributed by atoms with van der Waals surface area (Å²) in [5.74, 6) is -0.205. The van der Waals surface area contributed by atoms with Crippen molar-refractivity contribution >= 4 is 5.97 Å². The van der Waals surface area contributed by atoms with Crippen molar-refractivity contribution in [2.24, 2.45) is 0 Å². The van der Waals surface area contributed by atoms with Gasteiger partial charge in [-0.1, -0.05) is 129 Å². The first-order valence-electron chi connectivity index (χ1n) is 15.3. The summed E-state index contributed by atoms with van der Waals surface area (Å²) in [4.78, 5) is 12.0. The zero-order chi connectivity index (χ0) is 25.7. The Kier molecular flexibility index (Phi) is 28.6. The fourth-order valence-corrected chi connectivity index (χ4v) is 4.25. The zero-order valence-electron chi connectivity index (χ0n) is 23.6. The molecule has 0 saturated carbocycles. The maximum Gasteiger partial charge on any atom is 0.306 e. The van der Waals surface area contributed by atoms with Crippen molar-refractivity contribution in [2.75, 3.05) is 19.8 Å². The molecule has 0 heterocycles. The Morgan fingerprint density at radius 2 is 1.14 bits per heavy atom. The number of hydrogen-bond acceptors (Lipinski definition) is 4. The van der Waals surface area contributed by atoms with Gasteiger partial charge >= 0.3 is 5.97 Å². The average Bonchev–Trinajstić information content (AvgIpc) is 2.86. The number of allylic oxidation sites excluding steroid dienone is 2. The predicted octanol–water partition coefficient (Wildman–Crippen LogP) is 9.09. The maximum absolute atomic E-state index is 12.0. The smallest absolute Gasteiger partial charge is 0.306 e. The zero-order valence-corrected chi connectivity index (χ0v) is 23.6. The van der Waals surface area contributed by atoms with E-state index >= 15 is 0 Å². The van der Waals surface area contributed by atoms with Crippen molar-refractivity contribution in [3.63, 3.8) is 0 Å². The van der Waals surface area contributed by atoms with E-state index in [1.54, 1.807) is 0 Å². The molecule has 0 aliphatic carbocycles. The highest BCUT2D eigenvalue weighted by molar-refractivity contribution is 5.69. The minimum absolute atomic E-state index is 0.170. The van der Waals surface area contributed by atoms with Gasteiger partial charge in [0.25, 0.3) is 0 Å². The summed E-state index contributed by atoms with van der Waals surface area (Å²) in [6.45, 7) is 5.29. The Bertz CT molecular complexity index is 449. The molecule has 0 aliphatic rings. The van der Waals surface area contributed by atoms with Crippen LogP contribution < -0.4 is 0 Å². The lowest BCUT2D eigenvalue weighted by Crippen LogP contribution is -2.27. The first-order valence-corrected chi connectivity index (χ1v) is 15.3. The van der Waals surface area contributed by atoms with Gasteiger partial charge in [-0.15, -0.1) is 0 Å². The Hall–Kier alpha value is -0.870. The molecule has 0 rings (SSSR count). The topological polar surface area (TPSA) is 55.8 Å². The van der Waals surface area contributed by atoms with Gasteiger partial charge in [0, 0.05) is 13.0 Å². The second-order valence-corrected chi connectivity index (χ2v) is 10.2. The minimum atomic E-state index is -0.527. The Labute approximate surface area is 218 Å². The molecular weight excluding hydrogens is 436 g/mol. The molecule has 4 heteroatoms. The van der Waals surface area contributed by atoms with Gasteiger partial charge in [-0.25, -0.2) is 0 Å². The third-order valence-corrected chi connectivity index (χ3v) is 6.59. The van der Waals surface area contributed by atoms with Gasteiger partial charge in [0.1, 0.15) is 6.10 Å². The van der Waals surface area contributed by atoms with E-state index in [1.807, 2.05) is 0 Å². The summed E-state index contributed by atoms with van der Waals surface area (Å²) in [5, 5.41) is 9.48. The number of unbranched alkanes of at least 4 members (excludes halogenated alkanes) is 18. The third kappa shape index (κ3) is 27.6. The normalized spacial score (nSPS) is 12.4. The molecule has 0 aromatic carbocycles. The second kappa shape index (κ2) is 29.4. The molecule has 0 aromatic rings. The van der Waals surface area contributed by atoms with Crippen molar-refractivity contribution in [3.05, 3.63) is 12.2 Å². The number of hydrogen-bond donors (Lipinski definition) is 1. The number of aliphatic hydroxyl groups is 1. The van der Waals surface area contributed by atoms with Gasteiger partial charge in [-0.05, 0) is 32.1 Å². The van der Waals surface area contributed by atoms with Crippen molar-refractivity contribution in [2.45, 2.75) is 161 Å². The van der Waals surface area contributed by atoms with Crippen LogP contribution >= 0.6 is 0 Å². The fourth-order valence-electron chi connectivity index (χ4n) is 4.25. The van der Waals surface area contributed by atoms with E-state index in [1.165, 1.54) is 116 Å². The number of rotatable bonds is 28. The molecule has 0 fully saturated rings. The lowest BCUT2D eigenvalue weighted by atomic mass is 10.1. The second-order valence-electron chi connectivity index (χ2n) is 10.2. The van der Waals surface area contributed by atoms with Crippen LogP contribution in [0.15, 0.2) is 12.2 Å². The molecule has 35 heavy (non-hydrogen) atoms. The summed E-state index contributed by atoms with van der Waals surface area (Å²) >= 11 is 0. The van der Waals surface area contributed by atoms with E-state index < -0.39 is 6.10 Å². The lowest BCUT2D eigenvalue weighted by molar-refractivity contribution is -0.154. The molecule has 0 aliphatic heterocycles. The monoisotopic (exact) mass is 496 g/mol. The lowest BCUT2D eigenvalue weighted by Gasteiger charge is -2.15. The highest BCUT2D eigenvalue weighted by atomic mass is 16.6. The number of esters is 1. The van der Waals surface area contributed by atoms with Crippen LogP contribution in [0.4, 0.5) is 0 Å². The molecular formula is C31H60O4. The molecule has 0 radical (unpaired) electrons. The van der Waals surface area contributed by atoms with E-state index in [9.17, 15) is 9.90 Å². The van der Waals surface area contributed by atoms with Crippen molar-refractivity contribution in [1.82, 2.24) is 0 Å². The fraction of sp³-hybridized carbons (Fsp3) is 0.903. The van der Waals surface area contributed by atoms with Crippen molar-refractivity contribution < 1.29 is 19.4 Å². The molecule has 208 valence electrons. The largest absolute Gasteiger partial charge is 0.457 e. The molecule has 1 N–H and O–H groups in total. The van der Waals surface area contributed by atoms with Gasteiger partial charge in [0.15, 0.2) is 0 Å². The van der Waals surface area contributed by atoms with Gasteiger partial charge in [-0.3, -0.25) is 4.79 Å². The van der Waals surface area contributed by atoms with E-state index in [0.717, 1.165) is 19.3 Å². The van der Waals surface area contributed by atoms with Gasteiger partial charge in [0.2, 0.25) is 0 Å². The van der Waals surface area contributed by atoms with Gasteiger partial charge in [0.05, 0.1) is 13.2 Å². The van der Waals surface area contributed by atoms with E-state index in [0.29, 0.717) is 19.6 Å². The Balaban J connectivity index is 3.45. The number of carbonyl (C=O) groups is 1. The van der Waals surface area contributed by atoms with Crippen LogP contribution in [-0.2, 0) is 14.3 Å². The third-order valence-electron chi connectivity index (χ3n) is 6.59. The van der Waals surface area contributed by atoms with Crippen LogP contribution in [-0.4, -0.2) is 37.0 Å². The average molecular weight is 497 g/mol. The summed E-state index contributed by atoms with van der Waals surface area (Å²) < 4.78 is 11.0. The molecule has 0 spiro atoms. The highest BCUT2D eigenvalue weighted by Crippen LogP contribution is 2.13. The molecule has 0 amide bonds. The summed E-state index contributed by atoms with van der Waals surface area (Å²) in [5.41, 5.74) is 0. The van der Waals surface area contributed by atoms with Crippen LogP contribution in [0.25, 0.3) is 0 Å². The molecule has 0 bridgehead atoms. The first-order chi connectivity index (χ1) is 17.2. The van der Waals surface area contributed by atoms with Crippen molar-refractivity contribution in [1.29, 1.82) is 0 Å². The Morgan fingerprint density at radius 3 is 1.71 bits per heavy atom. The van der Waals surface area contributed by atoms with Crippen LogP contribution in [0, 0.1) is 0 Å². The first kappa shape index (κ1) is 34.1. The summed E-state index contributed by atoms with van der Waals surface area (Å²) in [6.07, 6.45) is 30.9. The quantitative estimate of drug-likeness (QED) is 0.0666. The number of carbonyl (C=O) groups excluding carboxylic acids is 1. The number of ether oxygens (including phenoxy) is 2. The van der Waals surface area contributed by atoms with E-state index in [2.05, 4.69) is 26.0 Å². The van der Waals surface area contributed by atoms with Crippen LogP contribution in [0.1, 0.15) is 155 Å². The van der Waals surface area contributed by atoms with Crippen LogP contribution in [0.2, 0.25) is 0 Å². The maximum atomic E-state index is 12.0. The summed E-state index contributed by atoms with van der Waals surface area (Å²) in [7, 11) is 0.